The summed E-state index contributed by atoms with van der Waals surface area (Å²) in [4.78, 5) is 37.0. The Labute approximate surface area is 289 Å². The fourth-order valence-electron chi connectivity index (χ4n) is 6.72. The highest BCUT2D eigenvalue weighted by atomic mass is 32.2. The van der Waals surface area contributed by atoms with Crippen LogP contribution in [0, 0.1) is 25.2 Å². The average Bonchev–Trinajstić information content (AvgIpc) is 3.00. The van der Waals surface area contributed by atoms with E-state index in [1.807, 2.05) is 32.0 Å². The molecule has 0 aliphatic carbocycles. The standard InChI is InChI=1S/C37H45N7O4S/c1-23(2)31-14-15-43(31)32-20-38-19-27(39-32)21-44-28(18-37(5,6)7)22-48-33-17-30(34-24(3)10-8-11-25(34)4)40-36(41-33)42-49(46,47)29-13-9-12-26(16-29)35(44)45/h8-13,16-17,19-20,23,28,31H,14-15,18,21-22H2,1-7H3,(H,40,41,42)/t28-,31-/m1/s1. The first-order valence-electron chi connectivity index (χ1n) is 16.8. The largest absolute Gasteiger partial charge is 0.475 e. The van der Waals surface area contributed by atoms with E-state index in [1.165, 1.54) is 12.1 Å². The summed E-state index contributed by atoms with van der Waals surface area (Å²) in [5.41, 5.74) is 4.03. The van der Waals surface area contributed by atoms with Crippen molar-refractivity contribution in [1.29, 1.82) is 0 Å². The van der Waals surface area contributed by atoms with E-state index in [4.69, 9.17) is 9.72 Å². The molecule has 1 fully saturated rings. The summed E-state index contributed by atoms with van der Waals surface area (Å²) in [7, 11) is -4.17. The van der Waals surface area contributed by atoms with Gasteiger partial charge in [0.05, 0.1) is 41.3 Å². The van der Waals surface area contributed by atoms with Gasteiger partial charge in [0.2, 0.25) is 11.8 Å². The quantitative estimate of drug-likeness (QED) is 0.245. The molecule has 0 saturated carbocycles. The van der Waals surface area contributed by atoms with Crippen molar-refractivity contribution >= 4 is 27.7 Å². The number of hydrogen-bond acceptors (Lipinski definition) is 9. The lowest BCUT2D eigenvalue weighted by atomic mass is 9.87. The van der Waals surface area contributed by atoms with Crippen molar-refractivity contribution in [3.05, 3.63) is 83.3 Å². The maximum Gasteiger partial charge on any atom is 0.264 e. The number of carbonyl (C=O) groups excluding carboxylic acids is 1. The first-order chi connectivity index (χ1) is 23.2. The molecule has 258 valence electrons. The summed E-state index contributed by atoms with van der Waals surface area (Å²) in [5, 5.41) is 0. The Morgan fingerprint density at radius 1 is 1.00 bits per heavy atom. The van der Waals surface area contributed by atoms with Gasteiger partial charge in [-0.1, -0.05) is 58.9 Å². The van der Waals surface area contributed by atoms with Crippen LogP contribution in [-0.2, 0) is 16.6 Å². The number of aryl methyl sites for hydroxylation is 2. The number of ether oxygens (including phenoxy) is 1. The lowest BCUT2D eigenvalue weighted by Gasteiger charge is -2.44. The summed E-state index contributed by atoms with van der Waals surface area (Å²) in [5.74, 6) is 1.01. The second-order valence-electron chi connectivity index (χ2n) is 14.6. The zero-order chi connectivity index (χ0) is 35.1. The average molecular weight is 684 g/mol. The molecule has 4 aromatic rings. The molecule has 1 saturated heterocycles. The maximum absolute atomic E-state index is 14.5. The van der Waals surface area contributed by atoms with E-state index in [0.717, 1.165) is 35.5 Å². The number of benzene rings is 2. The second-order valence-corrected chi connectivity index (χ2v) is 16.3. The van der Waals surface area contributed by atoms with Crippen molar-refractivity contribution in [2.75, 3.05) is 22.8 Å². The van der Waals surface area contributed by atoms with E-state index >= 15 is 0 Å². The van der Waals surface area contributed by atoms with Crippen molar-refractivity contribution in [1.82, 2.24) is 24.8 Å². The molecular weight excluding hydrogens is 639 g/mol. The molecule has 1 N–H and O–H groups in total. The van der Waals surface area contributed by atoms with Crippen LogP contribution in [0.1, 0.15) is 74.6 Å². The topological polar surface area (TPSA) is 131 Å². The number of anilines is 2. The number of nitrogens with one attached hydrogen (secondary N) is 1. The molecule has 4 bridgehead atoms. The number of amides is 1. The maximum atomic E-state index is 14.5. The van der Waals surface area contributed by atoms with E-state index in [0.29, 0.717) is 29.8 Å². The highest BCUT2D eigenvalue weighted by molar-refractivity contribution is 7.92. The Balaban J connectivity index is 1.46. The lowest BCUT2D eigenvalue weighted by Crippen LogP contribution is -2.51. The van der Waals surface area contributed by atoms with Gasteiger partial charge in [0.1, 0.15) is 12.4 Å². The summed E-state index contributed by atoms with van der Waals surface area (Å²) < 4.78 is 36.4. The number of carbonyl (C=O) groups is 1. The third-order valence-corrected chi connectivity index (χ3v) is 10.5. The molecule has 1 amide bonds. The first-order valence-corrected chi connectivity index (χ1v) is 18.3. The van der Waals surface area contributed by atoms with E-state index < -0.39 is 16.1 Å². The second kappa shape index (κ2) is 13.4. The van der Waals surface area contributed by atoms with Gasteiger partial charge in [-0.25, -0.2) is 23.1 Å². The molecule has 6 rings (SSSR count). The summed E-state index contributed by atoms with van der Waals surface area (Å²) >= 11 is 0. The van der Waals surface area contributed by atoms with E-state index in [1.54, 1.807) is 35.5 Å². The van der Waals surface area contributed by atoms with Crippen LogP contribution < -0.4 is 14.4 Å². The third-order valence-electron chi connectivity index (χ3n) is 9.16. The lowest BCUT2D eigenvalue weighted by molar-refractivity contribution is 0.0509. The van der Waals surface area contributed by atoms with Crippen LogP contribution in [0.4, 0.5) is 11.8 Å². The van der Waals surface area contributed by atoms with Gasteiger partial charge in [0.15, 0.2) is 0 Å². The van der Waals surface area contributed by atoms with Crippen molar-refractivity contribution in [2.24, 2.45) is 11.3 Å². The Kier molecular flexibility index (Phi) is 9.36. The van der Waals surface area contributed by atoms with E-state index in [9.17, 15) is 13.2 Å². The Hall–Kier alpha value is -4.58. The molecule has 0 unspecified atom stereocenters. The minimum Gasteiger partial charge on any atom is -0.475 e. The molecule has 2 aromatic carbocycles. The number of fused-ring (bicyclic) bond motifs is 4. The van der Waals surface area contributed by atoms with Gasteiger partial charge in [-0.15, -0.1) is 0 Å². The van der Waals surface area contributed by atoms with Gasteiger partial charge in [-0.3, -0.25) is 9.78 Å². The molecule has 49 heavy (non-hydrogen) atoms. The summed E-state index contributed by atoms with van der Waals surface area (Å²) in [6.07, 6.45) is 5.15. The van der Waals surface area contributed by atoms with Gasteiger partial charge in [0.25, 0.3) is 15.9 Å². The third kappa shape index (κ3) is 7.54. The molecule has 2 atom stereocenters. The molecule has 12 heteroatoms. The highest BCUT2D eigenvalue weighted by Gasteiger charge is 2.34. The molecule has 2 aromatic heterocycles. The number of sulfonamides is 1. The molecule has 11 nitrogen and oxygen atoms in total. The van der Waals surface area contributed by atoms with Gasteiger partial charge in [-0.2, -0.15) is 4.98 Å². The molecule has 4 heterocycles. The van der Waals surface area contributed by atoms with Crippen LogP contribution in [0.15, 0.2) is 65.8 Å². The number of rotatable bonds is 6. The van der Waals surface area contributed by atoms with Crippen molar-refractivity contribution < 1.29 is 17.9 Å². The van der Waals surface area contributed by atoms with Gasteiger partial charge < -0.3 is 14.5 Å². The van der Waals surface area contributed by atoms with Gasteiger partial charge in [-0.05, 0) is 67.3 Å². The fourth-order valence-corrected chi connectivity index (χ4v) is 7.70. The van der Waals surface area contributed by atoms with E-state index in [-0.39, 0.29) is 46.8 Å². The Morgan fingerprint density at radius 3 is 2.41 bits per heavy atom. The Morgan fingerprint density at radius 2 is 1.73 bits per heavy atom. The molecular formula is C37H45N7O4S. The number of nitrogens with zero attached hydrogens (tertiary/aromatic N) is 6. The highest BCUT2D eigenvalue weighted by Crippen LogP contribution is 2.33. The normalized spacial score (nSPS) is 19.2. The molecule has 0 spiro atoms. The zero-order valence-electron chi connectivity index (χ0n) is 29.3. The predicted octanol–water partition coefficient (Wildman–Crippen LogP) is 6.43. The van der Waals surface area contributed by atoms with Crippen LogP contribution in [0.3, 0.4) is 0 Å². The minimum atomic E-state index is -4.17. The Bertz CT molecular complexity index is 1960. The zero-order valence-corrected chi connectivity index (χ0v) is 30.1. The fraction of sp³-hybridized carbons (Fsp3) is 0.432. The summed E-state index contributed by atoms with van der Waals surface area (Å²) in [6.45, 7) is 15.9. The smallest absolute Gasteiger partial charge is 0.264 e. The van der Waals surface area contributed by atoms with Crippen LogP contribution in [-0.4, -0.2) is 64.4 Å². The molecule has 0 radical (unpaired) electrons. The first kappa shape index (κ1) is 34.3. The number of hydrogen-bond donors (Lipinski definition) is 1. The van der Waals surface area contributed by atoms with Crippen molar-refractivity contribution in [3.8, 4) is 17.1 Å². The molecule has 2 aliphatic rings. The van der Waals surface area contributed by atoms with E-state index in [2.05, 4.69) is 59.2 Å². The molecule has 2 aliphatic heterocycles. The number of aromatic nitrogens is 4. The van der Waals surface area contributed by atoms with Crippen molar-refractivity contribution in [2.45, 2.75) is 84.8 Å². The minimum absolute atomic E-state index is 0.0761. The monoisotopic (exact) mass is 683 g/mol. The van der Waals surface area contributed by atoms with Crippen LogP contribution >= 0.6 is 0 Å². The van der Waals surface area contributed by atoms with Gasteiger partial charge in [0, 0.05) is 29.8 Å². The summed E-state index contributed by atoms with van der Waals surface area (Å²) in [6, 6.07) is 13.7. The van der Waals surface area contributed by atoms with Crippen LogP contribution in [0.2, 0.25) is 0 Å². The van der Waals surface area contributed by atoms with Crippen molar-refractivity contribution in [3.63, 3.8) is 0 Å². The van der Waals surface area contributed by atoms with Gasteiger partial charge >= 0.3 is 0 Å². The van der Waals surface area contributed by atoms with Crippen LogP contribution in [0.5, 0.6) is 5.88 Å². The predicted molar refractivity (Wildman–Crippen MR) is 190 cm³/mol. The SMILES string of the molecule is Cc1cccc(C)c1-c1cc2nc(n1)NS(=O)(=O)c1cccc(c1)C(=O)N(Cc1cncc(N3CC[C@@H]3C(C)C)n1)[C@H](CC(C)(C)C)CO2. The van der Waals surface area contributed by atoms with Crippen LogP contribution in [0.25, 0.3) is 11.3 Å².